The molecule has 0 aromatic heterocycles. The third kappa shape index (κ3) is 2.20. The highest BCUT2D eigenvalue weighted by molar-refractivity contribution is 9.10. The molecule has 1 N–H and O–H groups in total. The van der Waals surface area contributed by atoms with Crippen LogP contribution in [0.4, 0.5) is 0 Å². The van der Waals surface area contributed by atoms with Crippen LogP contribution in [0.5, 0.6) is 5.75 Å². The van der Waals surface area contributed by atoms with Gasteiger partial charge < -0.3 is 9.84 Å². The molecule has 4 heteroatoms. The first-order valence-corrected chi connectivity index (χ1v) is 4.39. The Kier molecular flexibility index (Phi) is 3.29. The van der Waals surface area contributed by atoms with Crippen LogP contribution in [0.1, 0.15) is 11.7 Å². The lowest BCUT2D eigenvalue weighted by Crippen LogP contribution is -1.94. The average Bonchev–Trinajstić information content (AvgIpc) is 2.16. The molecule has 0 radical (unpaired) electrons. The number of rotatable bonds is 2. The maximum absolute atomic E-state index is 9.19. The molecular weight excluding hydrogens is 234 g/mol. The van der Waals surface area contributed by atoms with Crippen LogP contribution in [-0.2, 0) is 0 Å². The lowest BCUT2D eigenvalue weighted by molar-refractivity contribution is 0.235. The first kappa shape index (κ1) is 10.0. The van der Waals surface area contributed by atoms with Crippen molar-refractivity contribution in [2.75, 3.05) is 7.11 Å². The van der Waals surface area contributed by atoms with E-state index in [1.165, 1.54) is 0 Å². The van der Waals surface area contributed by atoms with E-state index in [0.29, 0.717) is 11.3 Å². The van der Waals surface area contributed by atoms with Gasteiger partial charge in [-0.1, -0.05) is 6.07 Å². The number of halogens is 1. The first-order valence-electron chi connectivity index (χ1n) is 3.60. The zero-order valence-corrected chi connectivity index (χ0v) is 8.58. The van der Waals surface area contributed by atoms with Crippen LogP contribution in [0.25, 0.3) is 0 Å². The third-order valence-corrected chi connectivity index (χ3v) is 2.23. The molecule has 0 bridgehead atoms. The van der Waals surface area contributed by atoms with Gasteiger partial charge in [0, 0.05) is 0 Å². The first-order chi connectivity index (χ1) is 6.19. The van der Waals surface area contributed by atoms with Gasteiger partial charge >= 0.3 is 0 Å². The van der Waals surface area contributed by atoms with Crippen molar-refractivity contribution in [1.29, 1.82) is 5.26 Å². The fraction of sp³-hybridized carbons (Fsp3) is 0.222. The molecule has 0 spiro atoms. The Hall–Kier alpha value is -1.05. The fourth-order valence-corrected chi connectivity index (χ4v) is 1.49. The van der Waals surface area contributed by atoms with Gasteiger partial charge in [-0.05, 0) is 33.6 Å². The van der Waals surface area contributed by atoms with Crippen LogP contribution >= 0.6 is 15.9 Å². The molecule has 0 aliphatic rings. The lowest BCUT2D eigenvalue weighted by Gasteiger charge is -2.06. The van der Waals surface area contributed by atoms with Crippen LogP contribution in [0, 0.1) is 11.3 Å². The number of methoxy groups -OCH3 is 1. The summed E-state index contributed by atoms with van der Waals surface area (Å²) in [7, 11) is 1.56. The molecule has 0 heterocycles. The van der Waals surface area contributed by atoms with E-state index in [-0.39, 0.29) is 0 Å². The van der Waals surface area contributed by atoms with Crippen molar-refractivity contribution >= 4 is 15.9 Å². The van der Waals surface area contributed by atoms with Crippen molar-refractivity contribution in [3.63, 3.8) is 0 Å². The molecule has 1 aromatic rings. The van der Waals surface area contributed by atoms with E-state index in [4.69, 9.17) is 10.00 Å². The number of nitrogens with zero attached hydrogens (tertiary/aromatic N) is 1. The van der Waals surface area contributed by atoms with Crippen molar-refractivity contribution in [3.05, 3.63) is 28.2 Å². The SMILES string of the molecule is COc1ccc(C(O)C#N)cc1Br. The molecule has 0 fully saturated rings. The number of hydrogen-bond acceptors (Lipinski definition) is 3. The minimum atomic E-state index is -1.08. The normalized spacial score (nSPS) is 11.8. The van der Waals surface area contributed by atoms with Crippen LogP contribution in [0.15, 0.2) is 22.7 Å². The van der Waals surface area contributed by atoms with E-state index >= 15 is 0 Å². The topological polar surface area (TPSA) is 53.2 Å². The Morgan fingerprint density at radius 3 is 2.77 bits per heavy atom. The summed E-state index contributed by atoms with van der Waals surface area (Å²) in [6.45, 7) is 0. The summed E-state index contributed by atoms with van der Waals surface area (Å²) in [6, 6.07) is 6.74. The van der Waals surface area contributed by atoms with Crippen LogP contribution in [-0.4, -0.2) is 12.2 Å². The predicted molar refractivity (Wildman–Crippen MR) is 51.3 cm³/mol. The largest absolute Gasteiger partial charge is 0.496 e. The van der Waals surface area contributed by atoms with Gasteiger partial charge in [0.25, 0.3) is 0 Å². The van der Waals surface area contributed by atoms with E-state index in [0.717, 1.165) is 4.47 Å². The van der Waals surface area contributed by atoms with E-state index in [2.05, 4.69) is 15.9 Å². The summed E-state index contributed by atoms with van der Waals surface area (Å²) in [4.78, 5) is 0. The molecule has 3 nitrogen and oxygen atoms in total. The summed E-state index contributed by atoms with van der Waals surface area (Å²) < 4.78 is 5.73. The molecule has 0 saturated heterocycles. The van der Waals surface area contributed by atoms with Gasteiger partial charge in [0.15, 0.2) is 6.10 Å². The Labute approximate surface area is 84.7 Å². The smallest absolute Gasteiger partial charge is 0.165 e. The minimum Gasteiger partial charge on any atom is -0.496 e. The van der Waals surface area contributed by atoms with Crippen molar-refractivity contribution in [3.8, 4) is 11.8 Å². The van der Waals surface area contributed by atoms with Gasteiger partial charge in [0.1, 0.15) is 5.75 Å². The van der Waals surface area contributed by atoms with Crippen LogP contribution in [0.3, 0.4) is 0 Å². The van der Waals surface area contributed by atoms with Gasteiger partial charge in [0.05, 0.1) is 17.7 Å². The maximum Gasteiger partial charge on any atom is 0.165 e. The standard InChI is InChI=1S/C9H8BrNO2/c1-13-9-3-2-6(4-7(9)10)8(12)5-11/h2-4,8,12H,1H3. The monoisotopic (exact) mass is 241 g/mol. The molecule has 0 saturated carbocycles. The Balaban J connectivity index is 3.04. The minimum absolute atomic E-state index is 0.551. The van der Waals surface area contributed by atoms with Gasteiger partial charge in [-0.25, -0.2) is 0 Å². The lowest BCUT2D eigenvalue weighted by atomic mass is 10.1. The molecule has 0 amide bonds. The quantitative estimate of drug-likeness (QED) is 0.807. The second-order valence-corrected chi connectivity index (χ2v) is 3.28. The highest BCUT2D eigenvalue weighted by Crippen LogP contribution is 2.27. The number of nitriles is 1. The van der Waals surface area contributed by atoms with Gasteiger partial charge in [-0.2, -0.15) is 5.26 Å². The molecule has 13 heavy (non-hydrogen) atoms. The summed E-state index contributed by atoms with van der Waals surface area (Å²) in [5.41, 5.74) is 0.551. The number of aliphatic hydroxyl groups is 1. The second kappa shape index (κ2) is 4.26. The van der Waals surface area contributed by atoms with Crippen molar-refractivity contribution < 1.29 is 9.84 Å². The molecule has 0 aliphatic heterocycles. The van der Waals surface area contributed by atoms with Crippen molar-refractivity contribution in [2.24, 2.45) is 0 Å². The fourth-order valence-electron chi connectivity index (χ4n) is 0.927. The summed E-state index contributed by atoms with van der Waals surface area (Å²) in [6.07, 6.45) is -1.08. The third-order valence-electron chi connectivity index (χ3n) is 1.61. The zero-order valence-electron chi connectivity index (χ0n) is 6.99. The summed E-state index contributed by atoms with van der Waals surface area (Å²) in [5.74, 6) is 0.675. The Morgan fingerprint density at radius 2 is 2.31 bits per heavy atom. The molecule has 1 unspecified atom stereocenters. The molecule has 68 valence electrons. The predicted octanol–water partition coefficient (Wildman–Crippen LogP) is 2.01. The van der Waals surface area contributed by atoms with Gasteiger partial charge in [-0.15, -0.1) is 0 Å². The number of ether oxygens (including phenoxy) is 1. The highest BCUT2D eigenvalue weighted by atomic mass is 79.9. The van der Waals surface area contributed by atoms with Gasteiger partial charge in [-0.3, -0.25) is 0 Å². The van der Waals surface area contributed by atoms with E-state index in [9.17, 15) is 5.11 Å². The molecule has 0 aliphatic carbocycles. The number of benzene rings is 1. The molecule has 1 atom stereocenters. The summed E-state index contributed by atoms with van der Waals surface area (Å²) >= 11 is 3.26. The average molecular weight is 242 g/mol. The number of aliphatic hydroxyl groups excluding tert-OH is 1. The Morgan fingerprint density at radius 1 is 1.62 bits per heavy atom. The van der Waals surface area contributed by atoms with Crippen LogP contribution in [0.2, 0.25) is 0 Å². The maximum atomic E-state index is 9.19. The van der Waals surface area contributed by atoms with Crippen molar-refractivity contribution in [1.82, 2.24) is 0 Å². The highest BCUT2D eigenvalue weighted by Gasteiger charge is 2.07. The molecule has 1 aromatic carbocycles. The van der Waals surface area contributed by atoms with Crippen LogP contribution < -0.4 is 4.74 Å². The Bertz CT molecular complexity index is 346. The van der Waals surface area contributed by atoms with E-state index in [1.807, 2.05) is 0 Å². The van der Waals surface area contributed by atoms with E-state index < -0.39 is 6.10 Å². The summed E-state index contributed by atoms with van der Waals surface area (Å²) in [5, 5.41) is 17.7. The number of hydrogen-bond donors (Lipinski definition) is 1. The van der Waals surface area contributed by atoms with Crippen molar-refractivity contribution in [2.45, 2.75) is 6.10 Å². The van der Waals surface area contributed by atoms with Gasteiger partial charge in [0.2, 0.25) is 0 Å². The van der Waals surface area contributed by atoms with E-state index in [1.54, 1.807) is 31.4 Å². The zero-order chi connectivity index (χ0) is 9.84. The molecular formula is C9H8BrNO2. The second-order valence-electron chi connectivity index (χ2n) is 2.43. The molecule has 1 rings (SSSR count).